The van der Waals surface area contributed by atoms with E-state index >= 15 is 0 Å². The highest BCUT2D eigenvalue weighted by Crippen LogP contribution is 2.18. The molecule has 0 fully saturated rings. The number of halogens is 2. The third-order valence-electron chi connectivity index (χ3n) is 2.60. The number of carbonyl (C=O) groups excluding carboxylic acids is 1. The second-order valence-electron chi connectivity index (χ2n) is 3.62. The minimum absolute atomic E-state index is 0. The molecule has 0 unspecified atom stereocenters. The molecule has 0 atom stereocenters. The SMILES string of the molecule is Cl.Cl.NC(=O)Cc1cccc2c1CCNC2. The summed E-state index contributed by atoms with van der Waals surface area (Å²) in [6.07, 6.45) is 1.36. The van der Waals surface area contributed by atoms with Gasteiger partial charge in [-0.25, -0.2) is 0 Å². The molecule has 0 bridgehead atoms. The Balaban J connectivity index is 0.00000112. The van der Waals surface area contributed by atoms with Gasteiger partial charge in [0.05, 0.1) is 6.42 Å². The van der Waals surface area contributed by atoms with Crippen LogP contribution in [0.15, 0.2) is 18.2 Å². The normalized spacial score (nSPS) is 13.0. The molecule has 3 N–H and O–H groups in total. The number of benzene rings is 1. The summed E-state index contributed by atoms with van der Waals surface area (Å²) < 4.78 is 0. The second kappa shape index (κ2) is 6.74. The summed E-state index contributed by atoms with van der Waals surface area (Å²) >= 11 is 0. The number of primary amides is 1. The van der Waals surface area contributed by atoms with Crippen LogP contribution in [-0.4, -0.2) is 12.5 Å². The smallest absolute Gasteiger partial charge is 0.221 e. The van der Waals surface area contributed by atoms with Crippen LogP contribution in [0.4, 0.5) is 0 Å². The van der Waals surface area contributed by atoms with E-state index in [2.05, 4.69) is 11.4 Å². The van der Waals surface area contributed by atoms with Crippen molar-refractivity contribution in [3.05, 3.63) is 34.9 Å². The number of carbonyl (C=O) groups is 1. The van der Waals surface area contributed by atoms with E-state index in [1.165, 1.54) is 11.1 Å². The predicted octanol–water partition coefficient (Wildman–Crippen LogP) is 1.20. The Morgan fingerprint density at radius 1 is 1.38 bits per heavy atom. The van der Waals surface area contributed by atoms with E-state index in [4.69, 9.17) is 5.73 Å². The van der Waals surface area contributed by atoms with Crippen LogP contribution in [-0.2, 0) is 24.2 Å². The molecule has 0 spiro atoms. The van der Waals surface area contributed by atoms with Gasteiger partial charge in [-0.3, -0.25) is 4.79 Å². The second-order valence-corrected chi connectivity index (χ2v) is 3.62. The van der Waals surface area contributed by atoms with Gasteiger partial charge in [0.25, 0.3) is 0 Å². The van der Waals surface area contributed by atoms with Gasteiger partial charge in [-0.15, -0.1) is 24.8 Å². The first kappa shape index (κ1) is 15.2. The molecule has 1 heterocycles. The molecule has 1 aliphatic rings. The molecule has 0 saturated heterocycles. The molecule has 0 aliphatic carbocycles. The van der Waals surface area contributed by atoms with E-state index < -0.39 is 0 Å². The minimum Gasteiger partial charge on any atom is -0.369 e. The van der Waals surface area contributed by atoms with Crippen LogP contribution in [0, 0.1) is 0 Å². The van der Waals surface area contributed by atoms with Gasteiger partial charge in [-0.2, -0.15) is 0 Å². The topological polar surface area (TPSA) is 55.1 Å². The van der Waals surface area contributed by atoms with Crippen molar-refractivity contribution >= 4 is 30.7 Å². The van der Waals surface area contributed by atoms with Gasteiger partial charge < -0.3 is 11.1 Å². The van der Waals surface area contributed by atoms with Gasteiger partial charge in [0, 0.05) is 6.54 Å². The minimum atomic E-state index is -0.253. The highest BCUT2D eigenvalue weighted by molar-refractivity contribution is 5.85. The standard InChI is InChI=1S/C11H14N2O.2ClH/c12-11(14)6-8-2-1-3-9-7-13-5-4-10(8)9;;/h1-3,13H,4-7H2,(H2,12,14);2*1H. The number of hydrogen-bond acceptors (Lipinski definition) is 2. The highest BCUT2D eigenvalue weighted by Gasteiger charge is 2.12. The molecule has 1 amide bonds. The summed E-state index contributed by atoms with van der Waals surface area (Å²) in [4.78, 5) is 10.9. The Bertz CT molecular complexity index is 369. The molecule has 0 aromatic heterocycles. The Kier molecular flexibility index (Phi) is 6.41. The van der Waals surface area contributed by atoms with Crippen LogP contribution in [0.2, 0.25) is 0 Å². The van der Waals surface area contributed by atoms with Gasteiger partial charge in [0.1, 0.15) is 0 Å². The van der Waals surface area contributed by atoms with Crippen LogP contribution in [0.5, 0.6) is 0 Å². The Hall–Kier alpha value is -0.770. The van der Waals surface area contributed by atoms with E-state index in [1.54, 1.807) is 0 Å². The van der Waals surface area contributed by atoms with Crippen LogP contribution >= 0.6 is 24.8 Å². The fraction of sp³-hybridized carbons (Fsp3) is 0.364. The fourth-order valence-corrected chi connectivity index (χ4v) is 1.96. The zero-order valence-corrected chi connectivity index (χ0v) is 10.5. The maximum Gasteiger partial charge on any atom is 0.221 e. The van der Waals surface area contributed by atoms with Gasteiger partial charge >= 0.3 is 0 Å². The fourth-order valence-electron chi connectivity index (χ4n) is 1.96. The number of amides is 1. The number of rotatable bonds is 2. The first-order valence-corrected chi connectivity index (χ1v) is 4.86. The molecule has 1 aromatic rings. The van der Waals surface area contributed by atoms with Crippen LogP contribution in [0.1, 0.15) is 16.7 Å². The maximum atomic E-state index is 10.9. The molecule has 2 rings (SSSR count). The third-order valence-corrected chi connectivity index (χ3v) is 2.60. The average molecular weight is 263 g/mol. The number of fused-ring (bicyclic) bond motifs is 1. The van der Waals surface area contributed by atoms with Gasteiger partial charge in [0.15, 0.2) is 0 Å². The van der Waals surface area contributed by atoms with E-state index in [9.17, 15) is 4.79 Å². The predicted molar refractivity (Wildman–Crippen MR) is 69.2 cm³/mol. The monoisotopic (exact) mass is 262 g/mol. The lowest BCUT2D eigenvalue weighted by Gasteiger charge is -2.19. The summed E-state index contributed by atoms with van der Waals surface area (Å²) in [5, 5.41) is 3.31. The molecule has 0 saturated carbocycles. The lowest BCUT2D eigenvalue weighted by molar-refractivity contribution is -0.117. The first-order valence-electron chi connectivity index (χ1n) is 4.86. The number of nitrogens with one attached hydrogen (secondary N) is 1. The van der Waals surface area contributed by atoms with Crippen molar-refractivity contribution in [1.29, 1.82) is 0 Å². The molecular weight excluding hydrogens is 247 g/mol. The summed E-state index contributed by atoms with van der Waals surface area (Å²) in [6.45, 7) is 1.89. The summed E-state index contributed by atoms with van der Waals surface area (Å²) in [6, 6.07) is 6.09. The van der Waals surface area contributed by atoms with Crippen molar-refractivity contribution in [3.63, 3.8) is 0 Å². The van der Waals surface area contributed by atoms with Crippen molar-refractivity contribution in [1.82, 2.24) is 5.32 Å². The van der Waals surface area contributed by atoms with E-state index in [-0.39, 0.29) is 30.7 Å². The molecule has 1 aliphatic heterocycles. The molecule has 5 heteroatoms. The summed E-state index contributed by atoms with van der Waals surface area (Å²) in [7, 11) is 0. The van der Waals surface area contributed by atoms with Crippen molar-refractivity contribution in [2.75, 3.05) is 6.54 Å². The summed E-state index contributed by atoms with van der Waals surface area (Å²) in [5.74, 6) is -0.253. The number of hydrogen-bond donors (Lipinski definition) is 2. The maximum absolute atomic E-state index is 10.9. The van der Waals surface area contributed by atoms with E-state index in [0.29, 0.717) is 6.42 Å². The molecule has 90 valence electrons. The van der Waals surface area contributed by atoms with Gasteiger partial charge in [-0.05, 0) is 29.7 Å². The Morgan fingerprint density at radius 2 is 2.12 bits per heavy atom. The molecule has 16 heavy (non-hydrogen) atoms. The van der Waals surface area contributed by atoms with Gasteiger partial charge in [-0.1, -0.05) is 18.2 Å². The van der Waals surface area contributed by atoms with Crippen molar-refractivity contribution in [2.24, 2.45) is 5.73 Å². The van der Waals surface area contributed by atoms with Crippen molar-refractivity contribution < 1.29 is 4.79 Å². The Morgan fingerprint density at radius 3 is 2.81 bits per heavy atom. The molecule has 0 radical (unpaired) electrons. The first-order chi connectivity index (χ1) is 6.77. The lowest BCUT2D eigenvalue weighted by atomic mass is 9.94. The van der Waals surface area contributed by atoms with E-state index in [1.807, 2.05) is 12.1 Å². The molecule has 3 nitrogen and oxygen atoms in total. The number of nitrogens with two attached hydrogens (primary N) is 1. The van der Waals surface area contributed by atoms with Crippen molar-refractivity contribution in [2.45, 2.75) is 19.4 Å². The zero-order chi connectivity index (χ0) is 9.97. The quantitative estimate of drug-likeness (QED) is 0.842. The van der Waals surface area contributed by atoms with Crippen LogP contribution < -0.4 is 11.1 Å². The summed E-state index contributed by atoms with van der Waals surface area (Å²) in [5.41, 5.74) is 8.91. The largest absolute Gasteiger partial charge is 0.369 e. The third kappa shape index (κ3) is 3.37. The lowest BCUT2D eigenvalue weighted by Crippen LogP contribution is -2.25. The highest BCUT2D eigenvalue weighted by atomic mass is 35.5. The van der Waals surface area contributed by atoms with Crippen LogP contribution in [0.3, 0.4) is 0 Å². The van der Waals surface area contributed by atoms with Crippen LogP contribution in [0.25, 0.3) is 0 Å². The van der Waals surface area contributed by atoms with Crippen molar-refractivity contribution in [3.8, 4) is 0 Å². The Labute approximate surface area is 108 Å². The van der Waals surface area contributed by atoms with E-state index in [0.717, 1.165) is 25.1 Å². The average Bonchev–Trinajstić information content (AvgIpc) is 2.18. The van der Waals surface area contributed by atoms with Gasteiger partial charge in [0.2, 0.25) is 5.91 Å². The zero-order valence-electron chi connectivity index (χ0n) is 8.86. The molecule has 1 aromatic carbocycles. The molecular formula is C11H16Cl2N2O.